The zero-order valence-corrected chi connectivity index (χ0v) is 12.6. The van der Waals surface area contributed by atoms with E-state index in [1.807, 2.05) is 5.20 Å². The maximum absolute atomic E-state index is 2.49. The Morgan fingerprint density at radius 1 is 0.882 bits per heavy atom. The molecule has 1 heteroatoms. The molecule has 0 aliphatic heterocycles. The standard InChI is InChI=1S/C16H24Si/c1-13-9-11-14(12-10-13)15-7-5-6-8-16(15)17(2,3)4/h9-12H,5-8H2,1-4H3. The molecule has 0 unspecified atom stereocenters. The van der Waals surface area contributed by atoms with Crippen molar-refractivity contribution in [1.29, 1.82) is 0 Å². The third kappa shape index (κ3) is 2.89. The van der Waals surface area contributed by atoms with Gasteiger partial charge in [-0.2, -0.15) is 0 Å². The van der Waals surface area contributed by atoms with E-state index in [0.29, 0.717) is 0 Å². The van der Waals surface area contributed by atoms with Crippen molar-refractivity contribution in [2.75, 3.05) is 0 Å². The van der Waals surface area contributed by atoms with Gasteiger partial charge in [-0.25, -0.2) is 0 Å². The van der Waals surface area contributed by atoms with Crippen LogP contribution >= 0.6 is 0 Å². The Kier molecular flexibility index (Phi) is 3.57. The lowest BCUT2D eigenvalue weighted by Crippen LogP contribution is -2.26. The summed E-state index contributed by atoms with van der Waals surface area (Å²) in [5.74, 6) is 0. The molecule has 1 aromatic carbocycles. The van der Waals surface area contributed by atoms with Gasteiger partial charge in [0, 0.05) is 0 Å². The molecule has 1 aliphatic rings. The molecule has 0 amide bonds. The van der Waals surface area contributed by atoms with Crippen molar-refractivity contribution in [3.8, 4) is 0 Å². The zero-order chi connectivity index (χ0) is 12.5. The maximum Gasteiger partial charge on any atom is 0.0728 e. The van der Waals surface area contributed by atoms with E-state index in [1.54, 1.807) is 5.57 Å². The number of rotatable bonds is 2. The molecule has 1 aromatic rings. The Bertz CT molecular complexity index is 418. The Labute approximate surface area is 107 Å². The molecule has 0 fully saturated rings. The predicted octanol–water partition coefficient (Wildman–Crippen LogP) is 5.20. The number of hydrogen-bond acceptors (Lipinski definition) is 0. The smallest absolute Gasteiger partial charge is 0.0728 e. The second kappa shape index (κ2) is 4.81. The molecule has 0 saturated carbocycles. The summed E-state index contributed by atoms with van der Waals surface area (Å²) >= 11 is 0. The highest BCUT2D eigenvalue weighted by Gasteiger charge is 2.25. The minimum Gasteiger partial charge on any atom is -0.0773 e. The number of hydrogen-bond donors (Lipinski definition) is 0. The zero-order valence-electron chi connectivity index (χ0n) is 11.6. The number of aryl methyl sites for hydroxylation is 1. The van der Waals surface area contributed by atoms with Gasteiger partial charge in [-0.1, -0.05) is 54.7 Å². The van der Waals surface area contributed by atoms with E-state index in [1.165, 1.54) is 36.8 Å². The fourth-order valence-electron chi connectivity index (χ4n) is 2.81. The fraction of sp³-hybridized carbons (Fsp3) is 0.500. The predicted molar refractivity (Wildman–Crippen MR) is 79.9 cm³/mol. The van der Waals surface area contributed by atoms with Crippen LogP contribution in [0.25, 0.3) is 5.57 Å². The van der Waals surface area contributed by atoms with Crippen LogP contribution in [0.1, 0.15) is 36.8 Å². The van der Waals surface area contributed by atoms with E-state index >= 15 is 0 Å². The molecular weight excluding hydrogens is 220 g/mol. The molecule has 92 valence electrons. The first-order valence-corrected chi connectivity index (χ1v) is 10.3. The lowest BCUT2D eigenvalue weighted by atomic mass is 9.93. The van der Waals surface area contributed by atoms with Gasteiger partial charge in [0.2, 0.25) is 0 Å². The molecule has 17 heavy (non-hydrogen) atoms. The summed E-state index contributed by atoms with van der Waals surface area (Å²) in [5, 5.41) is 1.81. The normalized spacial score (nSPS) is 17.4. The van der Waals surface area contributed by atoms with Crippen molar-refractivity contribution < 1.29 is 0 Å². The highest BCUT2D eigenvalue weighted by Crippen LogP contribution is 2.37. The Hall–Kier alpha value is -0.823. The summed E-state index contributed by atoms with van der Waals surface area (Å²) < 4.78 is 0. The third-order valence-corrected chi connectivity index (χ3v) is 6.14. The van der Waals surface area contributed by atoms with Crippen LogP contribution in [0, 0.1) is 6.92 Å². The number of allylic oxidation sites excluding steroid dienone is 2. The molecule has 2 rings (SSSR count). The van der Waals surface area contributed by atoms with E-state index in [-0.39, 0.29) is 0 Å². The summed E-state index contributed by atoms with van der Waals surface area (Å²) in [5.41, 5.74) is 4.52. The van der Waals surface area contributed by atoms with Crippen LogP contribution in [0.3, 0.4) is 0 Å². The molecule has 1 aliphatic carbocycles. The third-order valence-electron chi connectivity index (χ3n) is 3.77. The average Bonchev–Trinajstić information content (AvgIpc) is 2.29. The van der Waals surface area contributed by atoms with Gasteiger partial charge in [0.05, 0.1) is 8.07 Å². The van der Waals surface area contributed by atoms with Gasteiger partial charge in [-0.15, -0.1) is 0 Å². The van der Waals surface area contributed by atoms with Crippen molar-refractivity contribution >= 4 is 13.6 Å². The minimum absolute atomic E-state index is 1.14. The van der Waals surface area contributed by atoms with Crippen molar-refractivity contribution in [2.45, 2.75) is 52.2 Å². The van der Waals surface area contributed by atoms with Crippen LogP contribution in [0.4, 0.5) is 0 Å². The molecular formula is C16H24Si. The van der Waals surface area contributed by atoms with E-state index in [0.717, 1.165) is 0 Å². The monoisotopic (exact) mass is 244 g/mol. The van der Waals surface area contributed by atoms with Crippen molar-refractivity contribution in [1.82, 2.24) is 0 Å². The molecule has 0 heterocycles. The second-order valence-corrected chi connectivity index (χ2v) is 11.4. The van der Waals surface area contributed by atoms with Crippen LogP contribution in [0.2, 0.25) is 19.6 Å². The Morgan fingerprint density at radius 3 is 2.06 bits per heavy atom. The van der Waals surface area contributed by atoms with Crippen LogP contribution in [-0.2, 0) is 0 Å². The number of benzene rings is 1. The molecule has 0 saturated heterocycles. The summed E-state index contributed by atoms with van der Waals surface area (Å²) in [4.78, 5) is 0. The van der Waals surface area contributed by atoms with E-state index in [9.17, 15) is 0 Å². The van der Waals surface area contributed by atoms with Gasteiger partial charge < -0.3 is 0 Å². The molecule has 0 nitrogen and oxygen atoms in total. The lowest BCUT2D eigenvalue weighted by molar-refractivity contribution is 0.729. The maximum atomic E-state index is 2.49. The molecule has 0 atom stereocenters. The molecule has 0 bridgehead atoms. The first kappa shape index (κ1) is 12.6. The van der Waals surface area contributed by atoms with Gasteiger partial charge in [0.1, 0.15) is 0 Å². The quantitative estimate of drug-likeness (QED) is 0.627. The second-order valence-electron chi connectivity index (χ2n) is 6.28. The van der Waals surface area contributed by atoms with E-state index in [4.69, 9.17) is 0 Å². The minimum atomic E-state index is -1.14. The van der Waals surface area contributed by atoms with Crippen molar-refractivity contribution in [2.24, 2.45) is 0 Å². The van der Waals surface area contributed by atoms with Crippen LogP contribution < -0.4 is 0 Å². The molecule has 0 aromatic heterocycles. The largest absolute Gasteiger partial charge is 0.0773 e. The molecule has 0 radical (unpaired) electrons. The van der Waals surface area contributed by atoms with Crippen molar-refractivity contribution in [3.05, 3.63) is 40.6 Å². The topological polar surface area (TPSA) is 0 Å². The van der Waals surface area contributed by atoms with Crippen LogP contribution in [0.15, 0.2) is 29.5 Å². The fourth-order valence-corrected chi connectivity index (χ4v) is 4.91. The summed E-state index contributed by atoms with van der Waals surface area (Å²) in [6.45, 7) is 9.63. The van der Waals surface area contributed by atoms with E-state index < -0.39 is 8.07 Å². The first-order valence-electron chi connectivity index (χ1n) is 6.78. The lowest BCUT2D eigenvalue weighted by Gasteiger charge is -2.29. The van der Waals surface area contributed by atoms with Gasteiger partial charge in [-0.05, 0) is 43.7 Å². The van der Waals surface area contributed by atoms with Crippen molar-refractivity contribution in [3.63, 3.8) is 0 Å². The summed E-state index contributed by atoms with van der Waals surface area (Å²) in [6, 6.07) is 9.13. The Morgan fingerprint density at radius 2 is 1.47 bits per heavy atom. The van der Waals surface area contributed by atoms with Gasteiger partial charge in [0.15, 0.2) is 0 Å². The van der Waals surface area contributed by atoms with Gasteiger partial charge >= 0.3 is 0 Å². The van der Waals surface area contributed by atoms with E-state index in [2.05, 4.69) is 50.8 Å². The highest BCUT2D eigenvalue weighted by molar-refractivity contribution is 6.84. The molecule has 0 spiro atoms. The highest BCUT2D eigenvalue weighted by atomic mass is 28.3. The van der Waals surface area contributed by atoms with Gasteiger partial charge in [0.25, 0.3) is 0 Å². The SMILES string of the molecule is Cc1ccc(C2=C([Si](C)(C)C)CCCC2)cc1. The molecule has 0 N–H and O–H groups in total. The van der Waals surface area contributed by atoms with Crippen LogP contribution in [-0.4, -0.2) is 8.07 Å². The summed E-state index contributed by atoms with van der Waals surface area (Å²) in [7, 11) is -1.14. The van der Waals surface area contributed by atoms with Gasteiger partial charge in [-0.3, -0.25) is 0 Å². The summed E-state index contributed by atoms with van der Waals surface area (Å²) in [6.07, 6.45) is 5.41. The first-order chi connectivity index (χ1) is 7.98. The average molecular weight is 244 g/mol. The van der Waals surface area contributed by atoms with Crippen LogP contribution in [0.5, 0.6) is 0 Å². The Balaban J connectivity index is 2.45.